The topological polar surface area (TPSA) is 101 Å². The van der Waals surface area contributed by atoms with E-state index in [1.165, 1.54) is 12.1 Å². The van der Waals surface area contributed by atoms with E-state index in [2.05, 4.69) is 22.6 Å². The Morgan fingerprint density at radius 3 is 2.23 bits per heavy atom. The predicted molar refractivity (Wildman–Crippen MR) is 119 cm³/mol. The molecule has 1 aliphatic rings. The summed E-state index contributed by atoms with van der Waals surface area (Å²) in [7, 11) is -8.72. The molecule has 0 amide bonds. The molecule has 6 nitrogen and oxygen atoms in total. The van der Waals surface area contributed by atoms with Crippen molar-refractivity contribution in [3.63, 3.8) is 0 Å². The van der Waals surface area contributed by atoms with Crippen LogP contribution in [0.2, 0.25) is 0 Å². The molecule has 0 unspecified atom stereocenters. The summed E-state index contributed by atoms with van der Waals surface area (Å²) in [6.07, 6.45) is 1.50. The number of hydrogen-bond acceptors (Lipinski definition) is 6. The van der Waals surface area contributed by atoms with Gasteiger partial charge < -0.3 is 8.74 Å². The van der Waals surface area contributed by atoms with Gasteiger partial charge in [0.25, 0.3) is 0 Å². The second-order valence-corrected chi connectivity index (χ2v) is 11.9. The molecule has 0 aliphatic heterocycles. The third kappa shape index (κ3) is 4.16. The molecule has 2 aromatic carbocycles. The number of hydrogen-bond donors (Lipinski definition) is 0. The van der Waals surface area contributed by atoms with Crippen molar-refractivity contribution in [1.29, 1.82) is 0 Å². The lowest BCUT2D eigenvalue weighted by molar-refractivity contribution is 0.462. The molecule has 0 aromatic heterocycles. The molecule has 11 heteroatoms. The summed E-state index contributed by atoms with van der Waals surface area (Å²) in [5.74, 6) is 0.0783. The van der Waals surface area contributed by atoms with E-state index in [0.717, 1.165) is 13.2 Å². The maximum atomic E-state index is 12.8. The Morgan fingerprint density at radius 1 is 0.923 bits per heavy atom. The SMILES string of the molecule is O=S(=O)([O-])c1ccc(OS(=O)(=O)c2cc(I)cc(I)c2I)c2c1CCC2. The summed E-state index contributed by atoms with van der Waals surface area (Å²) in [5, 5.41) is 0. The van der Waals surface area contributed by atoms with Crippen LogP contribution in [0.4, 0.5) is 0 Å². The standard InChI is InChI=1S/C15H11I3O6S2/c16-8-6-11(17)15(18)14(7-8)26(22,23)24-12-4-5-13(25(19,20)21)10-3-1-2-9(10)12/h4-7H,1-3H2,(H,19,20,21)/p-1. The van der Waals surface area contributed by atoms with Gasteiger partial charge in [-0.25, -0.2) is 8.42 Å². The van der Waals surface area contributed by atoms with Crippen LogP contribution in [0.1, 0.15) is 17.5 Å². The Balaban J connectivity index is 2.09. The summed E-state index contributed by atoms with van der Waals surface area (Å²) in [5.41, 5.74) is 0.834. The fraction of sp³-hybridized carbons (Fsp3) is 0.200. The van der Waals surface area contributed by atoms with E-state index in [0.29, 0.717) is 34.0 Å². The zero-order valence-corrected chi connectivity index (χ0v) is 20.9. The van der Waals surface area contributed by atoms with Gasteiger partial charge in [-0.05, 0) is 117 Å². The molecule has 2 aromatic rings. The first-order chi connectivity index (χ1) is 12.0. The fourth-order valence-electron chi connectivity index (χ4n) is 2.83. The molecule has 0 heterocycles. The third-order valence-corrected chi connectivity index (χ3v) is 10.1. The lowest BCUT2D eigenvalue weighted by Crippen LogP contribution is -2.14. The van der Waals surface area contributed by atoms with Gasteiger partial charge in [0, 0.05) is 16.3 Å². The van der Waals surface area contributed by atoms with Crippen molar-refractivity contribution in [3.8, 4) is 5.75 Å². The van der Waals surface area contributed by atoms with Gasteiger partial charge in [-0.3, -0.25) is 0 Å². The number of fused-ring (bicyclic) bond motifs is 1. The van der Waals surface area contributed by atoms with Gasteiger partial charge >= 0.3 is 10.1 Å². The highest BCUT2D eigenvalue weighted by atomic mass is 127. The van der Waals surface area contributed by atoms with Crippen LogP contribution in [0.25, 0.3) is 0 Å². The molecule has 26 heavy (non-hydrogen) atoms. The fourth-order valence-corrected chi connectivity index (χ4v) is 8.03. The van der Waals surface area contributed by atoms with Crippen LogP contribution in [0.15, 0.2) is 34.1 Å². The van der Waals surface area contributed by atoms with E-state index in [1.54, 1.807) is 0 Å². The smallest absolute Gasteiger partial charge is 0.340 e. The first-order valence-electron chi connectivity index (χ1n) is 7.20. The molecule has 0 radical (unpaired) electrons. The van der Waals surface area contributed by atoms with Gasteiger partial charge in [-0.15, -0.1) is 0 Å². The minimum atomic E-state index is -4.62. The predicted octanol–water partition coefficient (Wildman–Crippen LogP) is 3.66. The minimum absolute atomic E-state index is 0.0571. The summed E-state index contributed by atoms with van der Waals surface area (Å²) in [6.45, 7) is 0. The first-order valence-corrected chi connectivity index (χ1v) is 13.3. The van der Waals surface area contributed by atoms with E-state index in [1.807, 2.05) is 51.2 Å². The second kappa shape index (κ2) is 7.61. The van der Waals surface area contributed by atoms with Gasteiger partial charge in [0.15, 0.2) is 0 Å². The maximum Gasteiger partial charge on any atom is 0.340 e. The van der Waals surface area contributed by atoms with Gasteiger partial charge in [0.05, 0.1) is 4.90 Å². The largest absolute Gasteiger partial charge is 0.744 e. The van der Waals surface area contributed by atoms with Gasteiger partial charge in [0.1, 0.15) is 20.8 Å². The Hall–Kier alpha value is 0.290. The molecule has 0 N–H and O–H groups in total. The van der Waals surface area contributed by atoms with Crippen LogP contribution in [0, 0.1) is 10.7 Å². The van der Waals surface area contributed by atoms with Gasteiger partial charge in [-0.1, -0.05) is 0 Å². The van der Waals surface area contributed by atoms with Crippen molar-refractivity contribution < 1.29 is 25.6 Å². The van der Waals surface area contributed by atoms with E-state index in [-0.39, 0.29) is 15.5 Å². The molecule has 0 spiro atoms. The Morgan fingerprint density at radius 2 is 1.58 bits per heavy atom. The normalized spacial score (nSPS) is 14.3. The zero-order chi connectivity index (χ0) is 19.3. The molecule has 0 bridgehead atoms. The van der Waals surface area contributed by atoms with Crippen LogP contribution >= 0.6 is 67.8 Å². The molecule has 0 fully saturated rings. The molecule has 0 saturated carbocycles. The van der Waals surface area contributed by atoms with Crippen LogP contribution < -0.4 is 4.18 Å². The van der Waals surface area contributed by atoms with Crippen molar-refractivity contribution in [3.05, 3.63) is 46.1 Å². The summed E-state index contributed by atoms with van der Waals surface area (Å²) in [6, 6.07) is 5.75. The number of benzene rings is 2. The van der Waals surface area contributed by atoms with Gasteiger partial charge in [-0.2, -0.15) is 8.42 Å². The molecular formula is C15H10I3O6S2-. The van der Waals surface area contributed by atoms with Crippen LogP contribution in [0.5, 0.6) is 5.75 Å². The van der Waals surface area contributed by atoms with E-state index < -0.39 is 20.2 Å². The molecule has 1 aliphatic carbocycles. The quantitative estimate of drug-likeness (QED) is 0.206. The molecule has 0 saturated heterocycles. The van der Waals surface area contributed by atoms with Crippen molar-refractivity contribution in [2.75, 3.05) is 0 Å². The lowest BCUT2D eigenvalue weighted by atomic mass is 10.1. The average molecular weight is 731 g/mol. The van der Waals surface area contributed by atoms with E-state index in [4.69, 9.17) is 4.18 Å². The number of rotatable bonds is 4. The highest BCUT2D eigenvalue weighted by Gasteiger charge is 2.27. The average Bonchev–Trinajstić information content (AvgIpc) is 2.99. The highest BCUT2D eigenvalue weighted by molar-refractivity contribution is 14.1. The Kier molecular flexibility index (Phi) is 6.15. The van der Waals surface area contributed by atoms with Crippen molar-refractivity contribution in [2.24, 2.45) is 0 Å². The Bertz CT molecular complexity index is 1110. The molecular weight excluding hydrogens is 721 g/mol. The highest BCUT2D eigenvalue weighted by Crippen LogP contribution is 2.37. The molecule has 0 atom stereocenters. The summed E-state index contributed by atoms with van der Waals surface area (Å²) in [4.78, 5) is -0.241. The molecule has 140 valence electrons. The maximum absolute atomic E-state index is 12.8. The zero-order valence-electron chi connectivity index (χ0n) is 12.8. The molecule has 3 rings (SSSR count). The van der Waals surface area contributed by atoms with Crippen molar-refractivity contribution in [1.82, 2.24) is 0 Å². The van der Waals surface area contributed by atoms with E-state index >= 15 is 0 Å². The third-order valence-electron chi connectivity index (χ3n) is 3.90. The van der Waals surface area contributed by atoms with Crippen molar-refractivity contribution in [2.45, 2.75) is 29.1 Å². The second-order valence-electron chi connectivity index (χ2n) is 5.56. The van der Waals surface area contributed by atoms with Crippen LogP contribution in [-0.2, 0) is 33.1 Å². The summed E-state index contributed by atoms with van der Waals surface area (Å²) >= 11 is 6.04. The summed E-state index contributed by atoms with van der Waals surface area (Å²) < 4.78 is 67.3. The lowest BCUT2D eigenvalue weighted by Gasteiger charge is -2.16. The van der Waals surface area contributed by atoms with E-state index in [9.17, 15) is 21.4 Å². The minimum Gasteiger partial charge on any atom is -0.744 e. The number of halogens is 3. The van der Waals surface area contributed by atoms with Gasteiger partial charge in [0.2, 0.25) is 0 Å². The monoisotopic (exact) mass is 731 g/mol. The van der Waals surface area contributed by atoms with Crippen LogP contribution in [0.3, 0.4) is 0 Å². The van der Waals surface area contributed by atoms with Crippen molar-refractivity contribution >= 4 is 88.0 Å². The Labute approximate surface area is 192 Å². The first kappa shape index (κ1) is 21.0. The van der Waals surface area contributed by atoms with Crippen LogP contribution in [-0.4, -0.2) is 21.4 Å².